The summed E-state index contributed by atoms with van der Waals surface area (Å²) in [4.78, 5) is 0. The maximum Gasteiger partial charge on any atom is 0.0434 e. The Morgan fingerprint density at radius 1 is 0.889 bits per heavy atom. The Morgan fingerprint density at radius 2 is 1.44 bits per heavy atom. The van der Waals surface area contributed by atoms with Gasteiger partial charge in [-0.1, -0.05) is 80.3 Å². The molecule has 0 aromatic rings. The summed E-state index contributed by atoms with van der Waals surface area (Å²) in [7, 11) is 0. The van der Waals surface area contributed by atoms with Gasteiger partial charge in [-0.05, 0) is 30.2 Å². The van der Waals surface area contributed by atoms with Crippen LogP contribution in [0.5, 0.6) is 0 Å². The average molecular weight is 319 g/mol. The molecule has 0 heterocycles. The van der Waals surface area contributed by atoms with Gasteiger partial charge in [0.25, 0.3) is 0 Å². The lowest BCUT2D eigenvalue weighted by Crippen LogP contribution is -1.83. The maximum absolute atomic E-state index is 8.71. The third-order valence-electron chi connectivity index (χ3n) is 3.25. The zero-order chi connectivity index (χ0) is 13.5. The summed E-state index contributed by atoms with van der Waals surface area (Å²) in [6.45, 7) is 2.56. The Kier molecular flexibility index (Phi) is 15.4. The number of allylic oxidation sites excluding steroid dienone is 2. The van der Waals surface area contributed by atoms with E-state index in [0.717, 1.165) is 12.8 Å². The fourth-order valence-corrected chi connectivity index (χ4v) is 2.57. The second-order valence-electron chi connectivity index (χ2n) is 5.10. The van der Waals surface area contributed by atoms with Gasteiger partial charge in [0, 0.05) is 6.61 Å². The fraction of sp³-hybridized carbons (Fsp3) is 0.875. The Hall–Kier alpha value is 0.180. The first-order chi connectivity index (χ1) is 8.81. The molecule has 1 nitrogen and oxygen atoms in total. The van der Waals surface area contributed by atoms with E-state index in [1.54, 1.807) is 0 Å². The fourth-order valence-electron chi connectivity index (χ4n) is 2.06. The standard InChI is InChI=1S/C16H31BrO/c1-2-3-4-5-6-7-8-9-10-11-13-16(17)14-12-15-18/h13,18H,2-12,14-15H2,1H3/b16-13-. The highest BCUT2D eigenvalue weighted by molar-refractivity contribution is 9.11. The summed E-state index contributed by atoms with van der Waals surface area (Å²) in [6.07, 6.45) is 17.8. The molecule has 0 aliphatic carbocycles. The van der Waals surface area contributed by atoms with E-state index in [-0.39, 0.29) is 0 Å². The Balaban J connectivity index is 3.15. The minimum absolute atomic E-state index is 0.293. The number of hydrogen-bond acceptors (Lipinski definition) is 1. The topological polar surface area (TPSA) is 20.2 Å². The lowest BCUT2D eigenvalue weighted by atomic mass is 10.1. The molecule has 0 aromatic carbocycles. The molecule has 0 bridgehead atoms. The second-order valence-corrected chi connectivity index (χ2v) is 6.11. The van der Waals surface area contributed by atoms with Crippen LogP contribution in [0.25, 0.3) is 0 Å². The van der Waals surface area contributed by atoms with Crippen LogP contribution in [0.15, 0.2) is 10.6 Å². The van der Waals surface area contributed by atoms with E-state index in [2.05, 4.69) is 28.9 Å². The Labute approximate surface area is 122 Å². The molecule has 0 amide bonds. The molecule has 0 spiro atoms. The van der Waals surface area contributed by atoms with Crippen molar-refractivity contribution in [2.45, 2.75) is 84.0 Å². The van der Waals surface area contributed by atoms with Crippen LogP contribution >= 0.6 is 15.9 Å². The Morgan fingerprint density at radius 3 is 2.00 bits per heavy atom. The molecule has 1 N–H and O–H groups in total. The average Bonchev–Trinajstić information content (AvgIpc) is 2.38. The number of halogens is 1. The molecule has 0 atom stereocenters. The zero-order valence-electron chi connectivity index (χ0n) is 12.1. The Bertz CT molecular complexity index is 190. The van der Waals surface area contributed by atoms with Gasteiger partial charge < -0.3 is 5.11 Å². The van der Waals surface area contributed by atoms with Crippen LogP contribution in [-0.4, -0.2) is 11.7 Å². The highest BCUT2D eigenvalue weighted by atomic mass is 79.9. The van der Waals surface area contributed by atoms with Crippen molar-refractivity contribution in [2.75, 3.05) is 6.61 Å². The van der Waals surface area contributed by atoms with Crippen LogP contribution in [0.2, 0.25) is 0 Å². The van der Waals surface area contributed by atoms with Crippen molar-refractivity contribution >= 4 is 15.9 Å². The molecule has 0 radical (unpaired) electrons. The molecule has 0 saturated carbocycles. The maximum atomic E-state index is 8.71. The predicted octanol–water partition coefficient (Wildman–Crippen LogP) is 5.96. The summed E-state index contributed by atoms with van der Waals surface area (Å²) in [5.41, 5.74) is 0. The normalized spacial score (nSPS) is 12.1. The summed E-state index contributed by atoms with van der Waals surface area (Å²) in [5.74, 6) is 0. The van der Waals surface area contributed by atoms with Crippen molar-refractivity contribution in [3.05, 3.63) is 10.6 Å². The number of aliphatic hydroxyl groups is 1. The van der Waals surface area contributed by atoms with Gasteiger partial charge in [0.15, 0.2) is 0 Å². The van der Waals surface area contributed by atoms with Gasteiger partial charge in [-0.15, -0.1) is 0 Å². The summed E-state index contributed by atoms with van der Waals surface area (Å²) in [6, 6.07) is 0. The molecule has 2 heteroatoms. The smallest absolute Gasteiger partial charge is 0.0434 e. The van der Waals surface area contributed by atoms with Crippen molar-refractivity contribution in [3.8, 4) is 0 Å². The number of aliphatic hydroxyl groups excluding tert-OH is 1. The summed E-state index contributed by atoms with van der Waals surface area (Å²) >= 11 is 3.55. The van der Waals surface area contributed by atoms with Crippen molar-refractivity contribution < 1.29 is 5.11 Å². The van der Waals surface area contributed by atoms with E-state index in [4.69, 9.17) is 5.11 Å². The van der Waals surface area contributed by atoms with Gasteiger partial charge in [0.05, 0.1) is 0 Å². The van der Waals surface area contributed by atoms with E-state index in [0.29, 0.717) is 6.61 Å². The van der Waals surface area contributed by atoms with Crippen LogP contribution in [-0.2, 0) is 0 Å². The third-order valence-corrected chi connectivity index (χ3v) is 3.97. The predicted molar refractivity (Wildman–Crippen MR) is 85.2 cm³/mol. The SMILES string of the molecule is CCCCCCCCCCC/C=C(\Br)CCCO. The molecule has 0 aliphatic heterocycles. The van der Waals surface area contributed by atoms with Crippen LogP contribution in [0.1, 0.15) is 84.0 Å². The van der Waals surface area contributed by atoms with E-state index in [1.165, 1.54) is 68.7 Å². The number of hydrogen-bond donors (Lipinski definition) is 1. The van der Waals surface area contributed by atoms with Crippen molar-refractivity contribution in [3.63, 3.8) is 0 Å². The van der Waals surface area contributed by atoms with Crippen LogP contribution in [0, 0.1) is 0 Å². The highest BCUT2D eigenvalue weighted by Crippen LogP contribution is 2.16. The first-order valence-corrected chi connectivity index (χ1v) is 8.56. The summed E-state index contributed by atoms with van der Waals surface area (Å²) < 4.78 is 1.26. The van der Waals surface area contributed by atoms with E-state index in [9.17, 15) is 0 Å². The number of unbranched alkanes of at least 4 members (excludes halogenated alkanes) is 9. The molecule has 0 aromatic heterocycles. The minimum Gasteiger partial charge on any atom is -0.396 e. The molecule has 108 valence electrons. The van der Waals surface area contributed by atoms with E-state index >= 15 is 0 Å². The van der Waals surface area contributed by atoms with Gasteiger partial charge in [-0.2, -0.15) is 0 Å². The van der Waals surface area contributed by atoms with Crippen molar-refractivity contribution in [1.29, 1.82) is 0 Å². The monoisotopic (exact) mass is 318 g/mol. The van der Waals surface area contributed by atoms with Gasteiger partial charge in [-0.25, -0.2) is 0 Å². The van der Waals surface area contributed by atoms with Crippen molar-refractivity contribution in [1.82, 2.24) is 0 Å². The molecular weight excluding hydrogens is 288 g/mol. The van der Waals surface area contributed by atoms with Gasteiger partial charge in [0.1, 0.15) is 0 Å². The molecule has 0 unspecified atom stereocenters. The molecule has 0 fully saturated rings. The third kappa shape index (κ3) is 14.2. The van der Waals surface area contributed by atoms with E-state index in [1.807, 2.05) is 0 Å². The number of rotatable bonds is 13. The quantitative estimate of drug-likeness (QED) is 0.415. The first kappa shape index (κ1) is 18.2. The highest BCUT2D eigenvalue weighted by Gasteiger charge is 1.93. The first-order valence-electron chi connectivity index (χ1n) is 7.76. The minimum atomic E-state index is 0.293. The lowest BCUT2D eigenvalue weighted by molar-refractivity contribution is 0.289. The molecule has 18 heavy (non-hydrogen) atoms. The van der Waals surface area contributed by atoms with Crippen molar-refractivity contribution in [2.24, 2.45) is 0 Å². The molecule has 0 aliphatic rings. The van der Waals surface area contributed by atoms with Gasteiger partial charge in [-0.3, -0.25) is 0 Å². The zero-order valence-corrected chi connectivity index (χ0v) is 13.7. The molecule has 0 saturated heterocycles. The van der Waals surface area contributed by atoms with Crippen LogP contribution in [0.3, 0.4) is 0 Å². The van der Waals surface area contributed by atoms with Crippen LogP contribution in [0.4, 0.5) is 0 Å². The second kappa shape index (κ2) is 15.2. The van der Waals surface area contributed by atoms with Crippen LogP contribution < -0.4 is 0 Å². The van der Waals surface area contributed by atoms with Gasteiger partial charge in [0.2, 0.25) is 0 Å². The molecule has 0 rings (SSSR count). The lowest BCUT2D eigenvalue weighted by Gasteiger charge is -2.01. The largest absolute Gasteiger partial charge is 0.396 e. The van der Waals surface area contributed by atoms with Gasteiger partial charge >= 0.3 is 0 Å². The molecular formula is C16H31BrO. The van der Waals surface area contributed by atoms with E-state index < -0.39 is 0 Å². The summed E-state index contributed by atoms with van der Waals surface area (Å²) in [5, 5.41) is 8.71.